The molecule has 2 heterocycles. The van der Waals surface area contributed by atoms with Crippen molar-refractivity contribution in [2.45, 2.75) is 0 Å². The summed E-state index contributed by atoms with van der Waals surface area (Å²) in [6.07, 6.45) is 6.82. The van der Waals surface area contributed by atoms with Crippen molar-refractivity contribution in [3.63, 3.8) is 0 Å². The minimum absolute atomic E-state index is 0.103. The molecule has 0 aliphatic heterocycles. The second-order valence-corrected chi connectivity index (χ2v) is 6.70. The lowest BCUT2D eigenvalue weighted by atomic mass is 10.1. The molecule has 2 aromatic carbocycles. The van der Waals surface area contributed by atoms with Crippen LogP contribution in [0.1, 0.15) is 0 Å². The van der Waals surface area contributed by atoms with E-state index in [1.807, 2.05) is 71.3 Å². The molecule has 0 aliphatic carbocycles. The molecule has 30 heavy (non-hydrogen) atoms. The van der Waals surface area contributed by atoms with E-state index < -0.39 is 0 Å². The highest BCUT2D eigenvalue weighted by molar-refractivity contribution is 5.86. The number of benzene rings is 2. The summed E-state index contributed by atoms with van der Waals surface area (Å²) in [5, 5.41) is 3.86. The molecule has 1 N–H and O–H groups in total. The van der Waals surface area contributed by atoms with Gasteiger partial charge in [0.25, 0.3) is 0 Å². The summed E-state index contributed by atoms with van der Waals surface area (Å²) >= 11 is 0. The van der Waals surface area contributed by atoms with E-state index in [9.17, 15) is 4.79 Å². The van der Waals surface area contributed by atoms with Crippen LogP contribution in [0.25, 0.3) is 27.8 Å². The minimum atomic E-state index is -0.103. The summed E-state index contributed by atoms with van der Waals surface area (Å²) in [4.78, 5) is 17.4. The Kier molecular flexibility index (Phi) is 5.39. The Morgan fingerprint density at radius 3 is 2.33 bits per heavy atom. The third-order valence-corrected chi connectivity index (χ3v) is 4.77. The summed E-state index contributed by atoms with van der Waals surface area (Å²) in [6.45, 7) is 7.58. The fourth-order valence-corrected chi connectivity index (χ4v) is 3.37. The first-order valence-corrected chi connectivity index (χ1v) is 9.60. The molecule has 2 aromatic heterocycles. The van der Waals surface area contributed by atoms with Gasteiger partial charge in [0.2, 0.25) is 0 Å². The van der Waals surface area contributed by atoms with Gasteiger partial charge in [-0.2, -0.15) is 0 Å². The lowest BCUT2D eigenvalue weighted by Gasteiger charge is -2.19. The number of fused-ring (bicyclic) bond motifs is 1. The van der Waals surface area contributed by atoms with Gasteiger partial charge in [0.05, 0.1) is 16.6 Å². The predicted octanol–water partition coefficient (Wildman–Crippen LogP) is 5.72. The van der Waals surface area contributed by atoms with Crippen LogP contribution >= 0.6 is 0 Å². The number of pyridine rings is 2. The average Bonchev–Trinajstić information content (AvgIpc) is 2.80. The molecule has 4 rings (SSSR count). The van der Waals surface area contributed by atoms with Crippen LogP contribution in [0.5, 0.6) is 0 Å². The molecule has 0 fully saturated rings. The molecule has 0 bridgehead atoms. The van der Waals surface area contributed by atoms with Crippen LogP contribution in [0.4, 0.5) is 5.82 Å². The fraction of sp³-hybridized carbons (Fsp3) is 0. The SMILES string of the molecule is C=C/C=C(\C=C)Nc1cc(=O)c2cnc(-c3ccccc3)cc2n1-c1ccccc1. The van der Waals surface area contributed by atoms with Crippen molar-refractivity contribution in [2.24, 2.45) is 0 Å². The molecule has 0 aliphatic rings. The van der Waals surface area contributed by atoms with E-state index in [0.717, 1.165) is 28.2 Å². The first-order chi connectivity index (χ1) is 14.7. The highest BCUT2D eigenvalue weighted by Crippen LogP contribution is 2.26. The van der Waals surface area contributed by atoms with Crippen LogP contribution in [0.2, 0.25) is 0 Å². The van der Waals surface area contributed by atoms with E-state index in [4.69, 9.17) is 0 Å². The van der Waals surface area contributed by atoms with E-state index in [-0.39, 0.29) is 5.43 Å². The Balaban J connectivity index is 2.03. The number of para-hydroxylation sites is 1. The van der Waals surface area contributed by atoms with Crippen molar-refractivity contribution in [3.8, 4) is 16.9 Å². The van der Waals surface area contributed by atoms with Gasteiger partial charge in [-0.25, -0.2) is 0 Å². The van der Waals surface area contributed by atoms with Crippen LogP contribution < -0.4 is 10.7 Å². The van der Waals surface area contributed by atoms with Crippen molar-refractivity contribution in [1.29, 1.82) is 0 Å². The Hall–Kier alpha value is -4.18. The second kappa shape index (κ2) is 8.45. The largest absolute Gasteiger partial charge is 0.341 e. The Morgan fingerprint density at radius 1 is 0.967 bits per heavy atom. The van der Waals surface area contributed by atoms with Gasteiger partial charge in [0, 0.05) is 29.2 Å². The van der Waals surface area contributed by atoms with Gasteiger partial charge < -0.3 is 5.32 Å². The van der Waals surface area contributed by atoms with Crippen LogP contribution in [-0.2, 0) is 0 Å². The summed E-state index contributed by atoms with van der Waals surface area (Å²) < 4.78 is 2.02. The zero-order chi connectivity index (χ0) is 20.9. The van der Waals surface area contributed by atoms with Gasteiger partial charge in [0.15, 0.2) is 5.43 Å². The molecule has 0 saturated carbocycles. The highest BCUT2D eigenvalue weighted by Gasteiger charge is 2.13. The van der Waals surface area contributed by atoms with Gasteiger partial charge in [-0.3, -0.25) is 14.3 Å². The van der Waals surface area contributed by atoms with E-state index in [2.05, 4.69) is 23.5 Å². The number of hydrogen-bond acceptors (Lipinski definition) is 3. The average molecular weight is 391 g/mol. The van der Waals surface area contributed by atoms with Crippen LogP contribution in [-0.4, -0.2) is 9.55 Å². The number of nitrogens with one attached hydrogen (secondary N) is 1. The topological polar surface area (TPSA) is 46.9 Å². The molecule has 4 heteroatoms. The van der Waals surface area contributed by atoms with Gasteiger partial charge in [0.1, 0.15) is 5.82 Å². The monoisotopic (exact) mass is 391 g/mol. The molecular formula is C26H21N3O. The summed E-state index contributed by atoms with van der Waals surface area (Å²) in [7, 11) is 0. The number of allylic oxidation sites excluding steroid dienone is 3. The lowest BCUT2D eigenvalue weighted by molar-refractivity contribution is 1.09. The quantitative estimate of drug-likeness (QED) is 0.428. The third-order valence-electron chi connectivity index (χ3n) is 4.77. The normalized spacial score (nSPS) is 11.3. The van der Waals surface area contributed by atoms with Crippen molar-refractivity contribution >= 4 is 16.7 Å². The Morgan fingerprint density at radius 2 is 1.67 bits per heavy atom. The minimum Gasteiger partial charge on any atom is -0.341 e. The predicted molar refractivity (Wildman–Crippen MR) is 125 cm³/mol. The number of anilines is 1. The van der Waals surface area contributed by atoms with Crippen LogP contribution in [0, 0.1) is 0 Å². The van der Waals surface area contributed by atoms with E-state index >= 15 is 0 Å². The first-order valence-electron chi connectivity index (χ1n) is 9.60. The molecular weight excluding hydrogens is 370 g/mol. The van der Waals surface area contributed by atoms with Crippen molar-refractivity contribution in [3.05, 3.63) is 126 Å². The standard InChI is InChI=1S/C26H21N3O/c1-3-11-20(4-2)28-26-17-25(30)22-18-27-23(19-12-7-5-8-13-19)16-24(22)29(26)21-14-9-6-10-15-21/h3-18,28H,1-2H2/b20-11+. The van der Waals surface area contributed by atoms with E-state index in [1.165, 1.54) is 0 Å². The lowest BCUT2D eigenvalue weighted by Crippen LogP contribution is -2.14. The number of hydrogen-bond donors (Lipinski definition) is 1. The maximum absolute atomic E-state index is 12.9. The highest BCUT2D eigenvalue weighted by atomic mass is 16.1. The Labute approximate surface area is 175 Å². The van der Waals surface area contributed by atoms with E-state index in [1.54, 1.807) is 30.5 Å². The molecule has 4 nitrogen and oxygen atoms in total. The maximum atomic E-state index is 12.9. The molecule has 146 valence electrons. The zero-order valence-electron chi connectivity index (χ0n) is 16.5. The maximum Gasteiger partial charge on any atom is 0.193 e. The van der Waals surface area contributed by atoms with Crippen molar-refractivity contribution < 1.29 is 0 Å². The van der Waals surface area contributed by atoms with Gasteiger partial charge in [-0.05, 0) is 30.4 Å². The third kappa shape index (κ3) is 3.71. The fourth-order valence-electron chi connectivity index (χ4n) is 3.37. The number of nitrogens with zero attached hydrogens (tertiary/aromatic N) is 2. The van der Waals surface area contributed by atoms with Crippen LogP contribution in [0.15, 0.2) is 121 Å². The number of rotatable bonds is 6. The molecule has 0 unspecified atom stereocenters. The first kappa shape index (κ1) is 19.2. The second-order valence-electron chi connectivity index (χ2n) is 6.70. The van der Waals surface area contributed by atoms with Crippen molar-refractivity contribution in [1.82, 2.24) is 9.55 Å². The zero-order valence-corrected chi connectivity index (χ0v) is 16.5. The molecule has 0 amide bonds. The summed E-state index contributed by atoms with van der Waals surface area (Å²) in [5.74, 6) is 0.636. The molecule has 0 spiro atoms. The van der Waals surface area contributed by atoms with Gasteiger partial charge in [-0.15, -0.1) is 0 Å². The summed E-state index contributed by atoms with van der Waals surface area (Å²) in [6, 6.07) is 23.4. The molecule has 0 saturated heterocycles. The van der Waals surface area contributed by atoms with Gasteiger partial charge in [-0.1, -0.05) is 67.8 Å². The van der Waals surface area contributed by atoms with Crippen LogP contribution in [0.3, 0.4) is 0 Å². The van der Waals surface area contributed by atoms with E-state index in [0.29, 0.717) is 11.2 Å². The molecule has 0 atom stereocenters. The summed E-state index contributed by atoms with van der Waals surface area (Å²) in [5.41, 5.74) is 4.13. The Bertz CT molecular complexity index is 1300. The smallest absolute Gasteiger partial charge is 0.193 e. The van der Waals surface area contributed by atoms with Gasteiger partial charge >= 0.3 is 0 Å². The number of aromatic nitrogens is 2. The molecule has 4 aromatic rings. The van der Waals surface area contributed by atoms with Crippen molar-refractivity contribution in [2.75, 3.05) is 5.32 Å². The molecule has 0 radical (unpaired) electrons.